The first-order valence-electron chi connectivity index (χ1n) is 4.97. The maximum atomic E-state index is 12.6. The van der Waals surface area contributed by atoms with Crippen LogP contribution in [0.5, 0.6) is 0 Å². The van der Waals surface area contributed by atoms with Gasteiger partial charge in [-0.1, -0.05) is 11.6 Å². The fourth-order valence-corrected chi connectivity index (χ4v) is 1.81. The molecule has 2 atom stereocenters. The summed E-state index contributed by atoms with van der Waals surface area (Å²) < 4.78 is 37.7. The van der Waals surface area contributed by atoms with Gasteiger partial charge >= 0.3 is 6.18 Å². The Kier molecular flexibility index (Phi) is 5.27. The molecule has 8 heteroatoms. The standard InChI is InChI=1S/C10H11ClF3NO2S/c11-9-6(10(12,13)14)3-5(4-15-9)8(17)7(16)1-2-18/h3-4,7-8,16-18H,1-2H2. The van der Waals surface area contributed by atoms with E-state index in [2.05, 4.69) is 17.6 Å². The third-order valence-corrected chi connectivity index (χ3v) is 2.86. The van der Waals surface area contributed by atoms with Crippen LogP contribution in [0.25, 0.3) is 0 Å². The molecule has 0 radical (unpaired) electrons. The van der Waals surface area contributed by atoms with Crippen LogP contribution >= 0.6 is 24.2 Å². The minimum Gasteiger partial charge on any atom is -0.390 e. The van der Waals surface area contributed by atoms with Crippen molar-refractivity contribution in [2.45, 2.75) is 24.8 Å². The maximum Gasteiger partial charge on any atom is 0.419 e. The van der Waals surface area contributed by atoms with E-state index in [1.54, 1.807) is 0 Å². The Labute approximate surface area is 112 Å². The van der Waals surface area contributed by atoms with Crippen molar-refractivity contribution in [3.8, 4) is 0 Å². The summed E-state index contributed by atoms with van der Waals surface area (Å²) in [4.78, 5) is 3.36. The molecule has 1 aromatic heterocycles. The first-order chi connectivity index (χ1) is 8.27. The lowest BCUT2D eigenvalue weighted by Crippen LogP contribution is -2.20. The van der Waals surface area contributed by atoms with Gasteiger partial charge in [0.15, 0.2) is 0 Å². The molecule has 0 bridgehead atoms. The van der Waals surface area contributed by atoms with Crippen molar-refractivity contribution >= 4 is 24.2 Å². The number of aliphatic hydroxyl groups is 2. The number of hydrogen-bond acceptors (Lipinski definition) is 4. The van der Waals surface area contributed by atoms with Gasteiger partial charge in [0.25, 0.3) is 0 Å². The Balaban J connectivity index is 3.05. The van der Waals surface area contributed by atoms with Gasteiger partial charge in [0.05, 0.1) is 11.7 Å². The van der Waals surface area contributed by atoms with Crippen LogP contribution in [0, 0.1) is 0 Å². The van der Waals surface area contributed by atoms with Crippen molar-refractivity contribution in [3.05, 3.63) is 28.5 Å². The SMILES string of the molecule is OC(CCS)C(O)c1cnc(Cl)c(C(F)(F)F)c1. The van der Waals surface area contributed by atoms with Crippen molar-refractivity contribution in [2.24, 2.45) is 0 Å². The summed E-state index contributed by atoms with van der Waals surface area (Å²) in [5.74, 6) is 0.297. The van der Waals surface area contributed by atoms with E-state index in [1.807, 2.05) is 0 Å². The van der Waals surface area contributed by atoms with Gasteiger partial charge in [-0.2, -0.15) is 25.8 Å². The van der Waals surface area contributed by atoms with Crippen LogP contribution in [0.1, 0.15) is 23.7 Å². The Morgan fingerprint density at radius 1 is 1.39 bits per heavy atom. The second-order valence-electron chi connectivity index (χ2n) is 3.63. The molecule has 0 aliphatic rings. The van der Waals surface area contributed by atoms with Crippen LogP contribution in [-0.2, 0) is 6.18 Å². The fourth-order valence-electron chi connectivity index (χ4n) is 1.34. The predicted molar refractivity (Wildman–Crippen MR) is 63.7 cm³/mol. The number of hydrogen-bond donors (Lipinski definition) is 3. The molecule has 0 saturated carbocycles. The fraction of sp³-hybridized carbons (Fsp3) is 0.500. The molecule has 1 rings (SSSR count). The number of aliphatic hydroxyl groups excluding tert-OH is 2. The third kappa shape index (κ3) is 3.74. The van der Waals surface area contributed by atoms with Crippen LogP contribution in [0.2, 0.25) is 5.15 Å². The van der Waals surface area contributed by atoms with Crippen molar-refractivity contribution in [3.63, 3.8) is 0 Å². The maximum absolute atomic E-state index is 12.6. The molecule has 1 aromatic rings. The molecule has 0 aliphatic heterocycles. The Bertz CT molecular complexity index is 417. The van der Waals surface area contributed by atoms with E-state index in [1.165, 1.54) is 0 Å². The molecule has 0 amide bonds. The highest BCUT2D eigenvalue weighted by Gasteiger charge is 2.35. The molecule has 0 aliphatic carbocycles. The monoisotopic (exact) mass is 301 g/mol. The minimum absolute atomic E-state index is 0.138. The van der Waals surface area contributed by atoms with E-state index in [0.29, 0.717) is 11.8 Å². The molecule has 18 heavy (non-hydrogen) atoms. The third-order valence-electron chi connectivity index (χ3n) is 2.30. The van der Waals surface area contributed by atoms with E-state index < -0.39 is 29.1 Å². The highest BCUT2D eigenvalue weighted by Crippen LogP contribution is 2.35. The number of nitrogens with zero attached hydrogens (tertiary/aromatic N) is 1. The summed E-state index contributed by atoms with van der Waals surface area (Å²) in [6.07, 6.45) is -6.17. The molecule has 2 unspecified atom stereocenters. The van der Waals surface area contributed by atoms with E-state index in [4.69, 9.17) is 11.6 Å². The van der Waals surface area contributed by atoms with E-state index in [-0.39, 0.29) is 12.0 Å². The van der Waals surface area contributed by atoms with Crippen molar-refractivity contribution in [1.82, 2.24) is 4.98 Å². The largest absolute Gasteiger partial charge is 0.419 e. The van der Waals surface area contributed by atoms with Crippen molar-refractivity contribution in [1.29, 1.82) is 0 Å². The molecule has 0 spiro atoms. The van der Waals surface area contributed by atoms with Crippen molar-refractivity contribution < 1.29 is 23.4 Å². The molecule has 0 aromatic carbocycles. The van der Waals surface area contributed by atoms with Crippen LogP contribution in [-0.4, -0.2) is 27.1 Å². The molecule has 2 N–H and O–H groups in total. The molecule has 1 heterocycles. The number of pyridine rings is 1. The second kappa shape index (κ2) is 6.10. The summed E-state index contributed by atoms with van der Waals surface area (Å²) in [5.41, 5.74) is -1.28. The Morgan fingerprint density at radius 2 is 2.00 bits per heavy atom. The molecule has 0 fully saturated rings. The number of alkyl halides is 3. The van der Waals surface area contributed by atoms with Gasteiger partial charge in [-0.3, -0.25) is 0 Å². The zero-order valence-corrected chi connectivity index (χ0v) is 10.7. The molecular formula is C10H11ClF3NO2S. The number of rotatable bonds is 4. The van der Waals surface area contributed by atoms with Gasteiger partial charge in [0.2, 0.25) is 0 Å². The van der Waals surface area contributed by atoms with Crippen LogP contribution in [0.15, 0.2) is 12.3 Å². The summed E-state index contributed by atoms with van der Waals surface area (Å²) in [7, 11) is 0. The van der Waals surface area contributed by atoms with Gasteiger partial charge in [-0.15, -0.1) is 0 Å². The number of halogens is 4. The average Bonchev–Trinajstić information content (AvgIpc) is 2.27. The number of aromatic nitrogens is 1. The molecular weight excluding hydrogens is 291 g/mol. The van der Waals surface area contributed by atoms with Gasteiger partial charge in [0, 0.05) is 11.8 Å². The van der Waals surface area contributed by atoms with Crippen LogP contribution in [0.3, 0.4) is 0 Å². The molecule has 0 saturated heterocycles. The predicted octanol–water partition coefficient (Wildman–Crippen LogP) is 2.47. The molecule has 3 nitrogen and oxygen atoms in total. The van der Waals surface area contributed by atoms with Gasteiger partial charge < -0.3 is 10.2 Å². The quantitative estimate of drug-likeness (QED) is 0.591. The highest BCUT2D eigenvalue weighted by molar-refractivity contribution is 7.80. The summed E-state index contributed by atoms with van der Waals surface area (Å²) in [5, 5.41) is 18.5. The normalized spacial score (nSPS) is 15.5. The lowest BCUT2D eigenvalue weighted by molar-refractivity contribution is -0.137. The first kappa shape index (κ1) is 15.6. The summed E-state index contributed by atoms with van der Waals surface area (Å²) in [6.45, 7) is 0. The summed E-state index contributed by atoms with van der Waals surface area (Å²) >= 11 is 9.20. The smallest absolute Gasteiger partial charge is 0.390 e. The minimum atomic E-state index is -4.66. The Morgan fingerprint density at radius 3 is 2.50 bits per heavy atom. The average molecular weight is 302 g/mol. The first-order valence-corrected chi connectivity index (χ1v) is 5.98. The van der Waals surface area contributed by atoms with Crippen LogP contribution in [0.4, 0.5) is 13.2 Å². The zero-order chi connectivity index (χ0) is 13.9. The topological polar surface area (TPSA) is 53.4 Å². The van der Waals surface area contributed by atoms with Crippen LogP contribution < -0.4 is 0 Å². The lowest BCUT2D eigenvalue weighted by atomic mass is 10.0. The van der Waals surface area contributed by atoms with E-state index in [0.717, 1.165) is 6.20 Å². The second-order valence-corrected chi connectivity index (χ2v) is 4.43. The van der Waals surface area contributed by atoms with E-state index in [9.17, 15) is 23.4 Å². The summed E-state index contributed by atoms with van der Waals surface area (Å²) in [6, 6.07) is 0.682. The Hall–Kier alpha value is -0.500. The zero-order valence-electron chi connectivity index (χ0n) is 9.02. The van der Waals surface area contributed by atoms with Gasteiger partial charge in [-0.25, -0.2) is 4.98 Å². The lowest BCUT2D eigenvalue weighted by Gasteiger charge is -2.18. The molecule has 102 valence electrons. The number of thiol groups is 1. The van der Waals surface area contributed by atoms with Crippen molar-refractivity contribution in [2.75, 3.05) is 5.75 Å². The van der Waals surface area contributed by atoms with E-state index >= 15 is 0 Å². The van der Waals surface area contributed by atoms with Gasteiger partial charge in [0.1, 0.15) is 11.3 Å². The highest BCUT2D eigenvalue weighted by atomic mass is 35.5. The van der Waals surface area contributed by atoms with Gasteiger partial charge in [-0.05, 0) is 18.2 Å².